The number of anilines is 1. The van der Waals surface area contributed by atoms with Gasteiger partial charge in [0.25, 0.3) is 0 Å². The van der Waals surface area contributed by atoms with E-state index in [-0.39, 0.29) is 0 Å². The van der Waals surface area contributed by atoms with Gasteiger partial charge in [-0.2, -0.15) is 0 Å². The van der Waals surface area contributed by atoms with E-state index in [1.54, 1.807) is 0 Å². The van der Waals surface area contributed by atoms with Crippen molar-refractivity contribution in [2.24, 2.45) is 0 Å². The zero-order valence-corrected chi connectivity index (χ0v) is 17.3. The molecular weight excluding hydrogens is 377 g/mol. The lowest BCUT2D eigenvalue weighted by Gasteiger charge is -2.32. The van der Waals surface area contributed by atoms with Crippen molar-refractivity contribution >= 4 is 29.1 Å². The molecule has 0 aliphatic carbocycles. The molecule has 0 spiro atoms. The number of rotatable bonds is 3. The van der Waals surface area contributed by atoms with E-state index >= 15 is 0 Å². The van der Waals surface area contributed by atoms with Crippen LogP contribution in [-0.4, -0.2) is 0 Å². The third-order valence-corrected chi connectivity index (χ3v) is 8.70. The van der Waals surface area contributed by atoms with Gasteiger partial charge in [0, 0.05) is 16.6 Å². The molecule has 0 radical (unpaired) electrons. The van der Waals surface area contributed by atoms with Crippen LogP contribution >= 0.6 is 7.37 Å². The number of hydrogen-bond acceptors (Lipinski definition) is 3. The van der Waals surface area contributed by atoms with Crippen molar-refractivity contribution < 1.29 is 9.09 Å². The summed E-state index contributed by atoms with van der Waals surface area (Å²) in [5, 5.41) is 5.45. The predicted octanol–water partition coefficient (Wildman–Crippen LogP) is 6.43. The molecule has 0 amide bonds. The van der Waals surface area contributed by atoms with Gasteiger partial charge in [-0.15, -0.1) is 0 Å². The first-order valence-electron chi connectivity index (χ1n) is 9.74. The topological polar surface area (TPSA) is 38.3 Å². The Hall–Kier alpha value is -3.03. The lowest BCUT2D eigenvalue weighted by molar-refractivity contribution is 0.490. The highest BCUT2D eigenvalue weighted by Crippen LogP contribution is 2.70. The van der Waals surface area contributed by atoms with E-state index in [1.165, 1.54) is 5.56 Å². The maximum Gasteiger partial charge on any atom is 0.306 e. The highest BCUT2D eigenvalue weighted by Gasteiger charge is 2.56. The SMILES string of the molecule is Cc1ccc(N[C@]2(C)c3ccc4ccccc4c3OP2(=O)c2ccccc2)cc1. The summed E-state index contributed by atoms with van der Waals surface area (Å²) in [6.07, 6.45) is 0. The van der Waals surface area contributed by atoms with E-state index in [2.05, 4.69) is 36.5 Å². The molecule has 4 heteroatoms. The summed E-state index contributed by atoms with van der Waals surface area (Å²) in [6.45, 7) is 4.04. The van der Waals surface area contributed by atoms with Gasteiger partial charge in [0.1, 0.15) is 5.75 Å². The van der Waals surface area contributed by atoms with Crippen LogP contribution in [0.5, 0.6) is 5.75 Å². The van der Waals surface area contributed by atoms with Crippen LogP contribution in [0.25, 0.3) is 10.8 Å². The molecule has 1 N–H and O–H groups in total. The van der Waals surface area contributed by atoms with E-state index in [9.17, 15) is 4.57 Å². The molecule has 0 saturated carbocycles. The molecule has 4 aromatic rings. The third-order valence-electron chi connectivity index (χ3n) is 5.75. The molecule has 3 nitrogen and oxygen atoms in total. The molecule has 1 aliphatic heterocycles. The zero-order valence-electron chi connectivity index (χ0n) is 16.4. The Bertz CT molecular complexity index is 1250. The first-order chi connectivity index (χ1) is 14.0. The van der Waals surface area contributed by atoms with Crippen molar-refractivity contribution in [3.8, 4) is 5.75 Å². The second-order valence-electron chi connectivity index (χ2n) is 7.70. The van der Waals surface area contributed by atoms with Gasteiger partial charge in [0.15, 0.2) is 5.28 Å². The average Bonchev–Trinajstić information content (AvgIpc) is 2.98. The monoisotopic (exact) mass is 399 g/mol. The average molecular weight is 399 g/mol. The highest BCUT2D eigenvalue weighted by atomic mass is 31.2. The van der Waals surface area contributed by atoms with Crippen molar-refractivity contribution in [1.29, 1.82) is 0 Å². The summed E-state index contributed by atoms with van der Waals surface area (Å²) in [7, 11) is -3.32. The van der Waals surface area contributed by atoms with E-state index in [0.29, 0.717) is 11.1 Å². The van der Waals surface area contributed by atoms with E-state index in [1.807, 2.05) is 73.7 Å². The van der Waals surface area contributed by atoms with Gasteiger partial charge in [-0.3, -0.25) is 4.57 Å². The fraction of sp³-hybridized carbons (Fsp3) is 0.120. The maximum atomic E-state index is 14.6. The molecule has 0 fully saturated rings. The lowest BCUT2D eigenvalue weighted by atomic mass is 10.0. The summed E-state index contributed by atoms with van der Waals surface area (Å²) in [6, 6.07) is 29.9. The van der Waals surface area contributed by atoms with Crippen molar-refractivity contribution in [1.82, 2.24) is 0 Å². The van der Waals surface area contributed by atoms with Gasteiger partial charge >= 0.3 is 7.37 Å². The van der Waals surface area contributed by atoms with Crippen LogP contribution in [0.2, 0.25) is 0 Å². The van der Waals surface area contributed by atoms with Gasteiger partial charge < -0.3 is 9.84 Å². The second-order valence-corrected chi connectivity index (χ2v) is 10.4. The number of nitrogens with one attached hydrogen (secondary N) is 1. The summed E-state index contributed by atoms with van der Waals surface area (Å²) in [5.41, 5.74) is 3.02. The Morgan fingerprint density at radius 1 is 0.828 bits per heavy atom. The van der Waals surface area contributed by atoms with E-state index in [4.69, 9.17) is 4.52 Å². The maximum absolute atomic E-state index is 14.6. The molecule has 2 atom stereocenters. The summed E-state index contributed by atoms with van der Waals surface area (Å²) in [5.74, 6) is 0.706. The minimum Gasteiger partial charge on any atom is -0.437 e. The number of hydrogen-bond donors (Lipinski definition) is 1. The molecule has 1 aliphatic rings. The van der Waals surface area contributed by atoms with Crippen LogP contribution in [0, 0.1) is 6.92 Å². The standard InChI is InChI=1S/C25H22NO2P/c1-18-12-15-20(16-13-18)26-25(2)23-17-14-19-8-6-7-11-22(19)24(23)28-29(25,27)21-9-4-3-5-10-21/h3-17,26H,1-2H3/t25-,29?/m0/s1. The Balaban J connectivity index is 1.75. The number of aryl methyl sites for hydroxylation is 1. The fourth-order valence-corrected chi connectivity index (χ4v) is 6.69. The number of fused-ring (bicyclic) bond motifs is 3. The first-order valence-corrected chi connectivity index (χ1v) is 11.4. The molecule has 0 aromatic heterocycles. The van der Waals surface area contributed by atoms with Crippen molar-refractivity contribution in [3.05, 3.63) is 102 Å². The Labute approximate surface area is 170 Å². The lowest BCUT2D eigenvalue weighted by Crippen LogP contribution is -2.33. The smallest absolute Gasteiger partial charge is 0.306 e. The summed E-state index contributed by atoms with van der Waals surface area (Å²) in [4.78, 5) is 0. The first kappa shape index (κ1) is 18.0. The van der Waals surface area contributed by atoms with Gasteiger partial charge in [0.05, 0.1) is 5.30 Å². The van der Waals surface area contributed by atoms with Crippen LogP contribution in [0.1, 0.15) is 18.1 Å². The quantitative estimate of drug-likeness (QED) is 0.404. The third kappa shape index (κ3) is 2.69. The molecule has 0 saturated heterocycles. The van der Waals surface area contributed by atoms with Crippen LogP contribution in [-0.2, 0) is 9.85 Å². The predicted molar refractivity (Wildman–Crippen MR) is 120 cm³/mol. The van der Waals surface area contributed by atoms with Crippen LogP contribution < -0.4 is 15.1 Å². The second kappa shape index (κ2) is 6.50. The van der Waals surface area contributed by atoms with Gasteiger partial charge in [-0.25, -0.2) is 0 Å². The van der Waals surface area contributed by atoms with E-state index in [0.717, 1.165) is 22.0 Å². The Kier molecular flexibility index (Phi) is 4.04. The molecule has 4 aromatic carbocycles. The minimum absolute atomic E-state index is 0.706. The van der Waals surface area contributed by atoms with Gasteiger partial charge in [0.2, 0.25) is 0 Å². The Morgan fingerprint density at radius 2 is 1.52 bits per heavy atom. The molecule has 144 valence electrons. The molecular formula is C25H22NO2P. The normalized spacial score (nSPS) is 22.8. The van der Waals surface area contributed by atoms with Crippen LogP contribution in [0.4, 0.5) is 5.69 Å². The molecule has 1 heterocycles. The largest absolute Gasteiger partial charge is 0.437 e. The number of benzene rings is 4. The zero-order chi connectivity index (χ0) is 20.1. The highest BCUT2D eigenvalue weighted by molar-refractivity contribution is 7.69. The fourth-order valence-electron chi connectivity index (χ4n) is 4.10. The van der Waals surface area contributed by atoms with Crippen LogP contribution in [0.15, 0.2) is 91.0 Å². The van der Waals surface area contributed by atoms with Gasteiger partial charge in [-0.05, 0) is 43.5 Å². The Morgan fingerprint density at radius 3 is 2.28 bits per heavy atom. The molecule has 0 bridgehead atoms. The summed E-state index contributed by atoms with van der Waals surface area (Å²) >= 11 is 0. The van der Waals surface area contributed by atoms with Crippen molar-refractivity contribution in [2.45, 2.75) is 19.1 Å². The summed E-state index contributed by atoms with van der Waals surface area (Å²) < 4.78 is 21.0. The van der Waals surface area contributed by atoms with Crippen molar-refractivity contribution in [2.75, 3.05) is 5.32 Å². The molecule has 29 heavy (non-hydrogen) atoms. The van der Waals surface area contributed by atoms with E-state index < -0.39 is 12.6 Å². The van der Waals surface area contributed by atoms with Crippen molar-refractivity contribution in [3.63, 3.8) is 0 Å². The molecule has 5 rings (SSSR count). The van der Waals surface area contributed by atoms with Gasteiger partial charge in [-0.1, -0.05) is 72.3 Å². The van der Waals surface area contributed by atoms with Crippen LogP contribution in [0.3, 0.4) is 0 Å². The minimum atomic E-state index is -3.32. The molecule has 1 unspecified atom stereocenters.